The zero-order valence-corrected chi connectivity index (χ0v) is 10.9. The summed E-state index contributed by atoms with van der Waals surface area (Å²) in [4.78, 5) is 12.3. The van der Waals surface area contributed by atoms with Crippen LogP contribution in [0.2, 0.25) is 5.02 Å². The van der Waals surface area contributed by atoms with Gasteiger partial charge in [0.2, 0.25) is 0 Å². The molecule has 16 heavy (non-hydrogen) atoms. The summed E-state index contributed by atoms with van der Waals surface area (Å²) >= 11 is 5.90. The lowest BCUT2D eigenvalue weighted by Gasteiger charge is -2.03. The summed E-state index contributed by atoms with van der Waals surface area (Å²) in [5.41, 5.74) is 0.912. The first-order valence-corrected chi connectivity index (χ1v) is 5.96. The van der Waals surface area contributed by atoms with E-state index >= 15 is 0 Å². The zero-order valence-electron chi connectivity index (χ0n) is 10.2. The molecule has 1 nitrogen and oxygen atoms in total. The third kappa shape index (κ3) is 1.49. The lowest BCUT2D eigenvalue weighted by molar-refractivity contribution is 0.0945. The van der Waals surface area contributed by atoms with Gasteiger partial charge in [-0.15, -0.1) is 0 Å². The lowest BCUT2D eigenvalue weighted by atomic mass is 10.0. The Hall–Kier alpha value is -0.820. The SMILES string of the molecule is CC1(C)C(C(=O)c2cccc(Cl)c2)C1(C)C. The van der Waals surface area contributed by atoms with Gasteiger partial charge in [0, 0.05) is 16.5 Å². The molecule has 1 saturated carbocycles. The molecule has 86 valence electrons. The molecule has 0 N–H and O–H groups in total. The minimum Gasteiger partial charge on any atom is -0.294 e. The standard InChI is InChI=1S/C14H17ClO/c1-13(2)12(14(13,3)4)11(16)9-6-5-7-10(15)8-9/h5-8,12H,1-4H3. The van der Waals surface area contributed by atoms with Crippen molar-refractivity contribution in [3.05, 3.63) is 34.9 Å². The second-order valence-corrected chi connectivity index (χ2v) is 6.19. The van der Waals surface area contributed by atoms with E-state index in [2.05, 4.69) is 27.7 Å². The molecule has 0 unspecified atom stereocenters. The van der Waals surface area contributed by atoms with Crippen LogP contribution < -0.4 is 0 Å². The topological polar surface area (TPSA) is 17.1 Å². The Balaban J connectivity index is 2.29. The van der Waals surface area contributed by atoms with E-state index in [-0.39, 0.29) is 22.5 Å². The average molecular weight is 237 g/mol. The van der Waals surface area contributed by atoms with Crippen molar-refractivity contribution in [1.82, 2.24) is 0 Å². The van der Waals surface area contributed by atoms with Gasteiger partial charge in [-0.1, -0.05) is 51.4 Å². The maximum Gasteiger partial charge on any atom is 0.167 e. The maximum absolute atomic E-state index is 12.3. The van der Waals surface area contributed by atoms with Crippen LogP contribution >= 0.6 is 11.6 Å². The summed E-state index contributed by atoms with van der Waals surface area (Å²) in [6, 6.07) is 7.23. The van der Waals surface area contributed by atoms with Crippen LogP contribution in [0.5, 0.6) is 0 Å². The van der Waals surface area contributed by atoms with E-state index in [1.165, 1.54) is 0 Å². The van der Waals surface area contributed by atoms with Gasteiger partial charge in [0.15, 0.2) is 5.78 Å². The van der Waals surface area contributed by atoms with Gasteiger partial charge in [-0.25, -0.2) is 0 Å². The third-order valence-corrected chi connectivity index (χ3v) is 4.63. The molecule has 0 atom stereocenters. The fourth-order valence-corrected chi connectivity index (χ4v) is 2.85. The fourth-order valence-electron chi connectivity index (χ4n) is 2.66. The van der Waals surface area contributed by atoms with E-state index in [4.69, 9.17) is 11.6 Å². The summed E-state index contributed by atoms with van der Waals surface area (Å²) in [7, 11) is 0. The van der Waals surface area contributed by atoms with E-state index in [0.717, 1.165) is 5.56 Å². The monoisotopic (exact) mass is 236 g/mol. The maximum atomic E-state index is 12.3. The smallest absolute Gasteiger partial charge is 0.167 e. The molecule has 1 aliphatic rings. The van der Waals surface area contributed by atoms with Crippen molar-refractivity contribution in [2.75, 3.05) is 0 Å². The number of Topliss-reactive ketones (excluding diaryl/α,β-unsaturated/α-hetero) is 1. The van der Waals surface area contributed by atoms with Gasteiger partial charge in [0.1, 0.15) is 0 Å². The Morgan fingerprint density at radius 1 is 1.19 bits per heavy atom. The van der Waals surface area contributed by atoms with E-state index in [1.807, 2.05) is 12.1 Å². The predicted octanol–water partition coefficient (Wildman–Crippen LogP) is 4.20. The van der Waals surface area contributed by atoms with Gasteiger partial charge in [-0.3, -0.25) is 4.79 Å². The Morgan fingerprint density at radius 3 is 2.19 bits per heavy atom. The van der Waals surface area contributed by atoms with Gasteiger partial charge < -0.3 is 0 Å². The molecule has 0 amide bonds. The molecular weight excluding hydrogens is 220 g/mol. The molecule has 0 spiro atoms. The predicted molar refractivity (Wildman–Crippen MR) is 66.8 cm³/mol. The van der Waals surface area contributed by atoms with Gasteiger partial charge in [0.25, 0.3) is 0 Å². The van der Waals surface area contributed by atoms with Crippen molar-refractivity contribution in [2.24, 2.45) is 16.7 Å². The average Bonchev–Trinajstić information content (AvgIpc) is 2.56. The van der Waals surface area contributed by atoms with Crippen LogP contribution in [-0.2, 0) is 0 Å². The van der Waals surface area contributed by atoms with Crippen molar-refractivity contribution < 1.29 is 4.79 Å². The molecule has 0 heterocycles. The largest absolute Gasteiger partial charge is 0.294 e. The zero-order chi connectivity index (χ0) is 12.1. The molecular formula is C14H17ClO. The number of halogens is 1. The number of rotatable bonds is 2. The van der Waals surface area contributed by atoms with E-state index in [1.54, 1.807) is 12.1 Å². The van der Waals surface area contributed by atoms with Crippen molar-refractivity contribution in [2.45, 2.75) is 27.7 Å². The Bertz CT molecular complexity index is 432. The van der Waals surface area contributed by atoms with Crippen LogP contribution in [0.25, 0.3) is 0 Å². The van der Waals surface area contributed by atoms with Gasteiger partial charge in [-0.2, -0.15) is 0 Å². The van der Waals surface area contributed by atoms with Gasteiger partial charge in [0.05, 0.1) is 0 Å². The Labute approximate surface area is 102 Å². The minimum atomic E-state index is 0.0897. The molecule has 0 bridgehead atoms. The second-order valence-electron chi connectivity index (χ2n) is 5.75. The quantitative estimate of drug-likeness (QED) is 0.704. The highest BCUT2D eigenvalue weighted by atomic mass is 35.5. The summed E-state index contributed by atoms with van der Waals surface area (Å²) in [5, 5.41) is 0.627. The molecule has 1 aromatic rings. The number of hydrogen-bond donors (Lipinski definition) is 0. The highest BCUT2D eigenvalue weighted by Crippen LogP contribution is 2.69. The van der Waals surface area contributed by atoms with E-state index < -0.39 is 0 Å². The summed E-state index contributed by atoms with van der Waals surface area (Å²) < 4.78 is 0. The Kier molecular flexibility index (Phi) is 2.43. The highest BCUT2D eigenvalue weighted by molar-refractivity contribution is 6.31. The van der Waals surface area contributed by atoms with Crippen LogP contribution in [0, 0.1) is 16.7 Å². The summed E-state index contributed by atoms with van der Waals surface area (Å²) in [5.74, 6) is 0.330. The molecule has 2 rings (SSSR count). The number of carbonyl (C=O) groups excluding carboxylic acids is 1. The first-order valence-electron chi connectivity index (χ1n) is 5.58. The first kappa shape index (κ1) is 11.7. The van der Waals surface area contributed by atoms with Crippen LogP contribution in [0.15, 0.2) is 24.3 Å². The van der Waals surface area contributed by atoms with Crippen LogP contribution in [-0.4, -0.2) is 5.78 Å². The number of benzene rings is 1. The van der Waals surface area contributed by atoms with Crippen LogP contribution in [0.4, 0.5) is 0 Å². The van der Waals surface area contributed by atoms with Crippen LogP contribution in [0.1, 0.15) is 38.1 Å². The summed E-state index contributed by atoms with van der Waals surface area (Å²) in [6.45, 7) is 8.61. The number of hydrogen-bond acceptors (Lipinski definition) is 1. The molecule has 1 fully saturated rings. The van der Waals surface area contributed by atoms with Crippen molar-refractivity contribution in [3.8, 4) is 0 Å². The summed E-state index contributed by atoms with van der Waals surface area (Å²) in [6.07, 6.45) is 0. The van der Waals surface area contributed by atoms with Crippen molar-refractivity contribution >= 4 is 17.4 Å². The Morgan fingerprint density at radius 2 is 1.75 bits per heavy atom. The lowest BCUT2D eigenvalue weighted by Crippen LogP contribution is -2.07. The number of ketones is 1. The molecule has 0 aliphatic heterocycles. The van der Waals surface area contributed by atoms with E-state index in [9.17, 15) is 4.79 Å². The highest BCUT2D eigenvalue weighted by Gasteiger charge is 2.67. The molecule has 0 saturated heterocycles. The molecule has 1 aliphatic carbocycles. The number of carbonyl (C=O) groups is 1. The minimum absolute atomic E-state index is 0.0897. The fraction of sp³-hybridized carbons (Fsp3) is 0.500. The second kappa shape index (κ2) is 3.33. The van der Waals surface area contributed by atoms with Crippen LogP contribution in [0.3, 0.4) is 0 Å². The molecule has 0 aromatic heterocycles. The third-order valence-electron chi connectivity index (χ3n) is 4.39. The molecule has 2 heteroatoms. The first-order chi connectivity index (χ1) is 7.28. The molecule has 0 radical (unpaired) electrons. The van der Waals surface area contributed by atoms with Crippen molar-refractivity contribution in [1.29, 1.82) is 0 Å². The van der Waals surface area contributed by atoms with Gasteiger partial charge in [-0.05, 0) is 23.0 Å². The van der Waals surface area contributed by atoms with E-state index in [0.29, 0.717) is 5.02 Å². The normalized spacial score (nSPS) is 21.8. The molecule has 1 aromatic carbocycles. The van der Waals surface area contributed by atoms with Gasteiger partial charge >= 0.3 is 0 Å². The van der Waals surface area contributed by atoms with Crippen molar-refractivity contribution in [3.63, 3.8) is 0 Å².